The number of pyridine rings is 1. The van der Waals surface area contributed by atoms with E-state index in [0.29, 0.717) is 0 Å². The number of azo groups is 1. The molecule has 2 N–H and O–H groups in total. The molecule has 1 amide bonds. The first-order valence-corrected chi connectivity index (χ1v) is 11.4. The maximum Gasteiger partial charge on any atom is 0.250 e. The molecule has 0 saturated carbocycles. The lowest BCUT2D eigenvalue weighted by Gasteiger charge is -2.48. The van der Waals surface area contributed by atoms with E-state index in [1.54, 1.807) is 0 Å². The summed E-state index contributed by atoms with van der Waals surface area (Å²) in [5.74, 6) is -0.0135. The summed E-state index contributed by atoms with van der Waals surface area (Å²) < 4.78 is 0. The van der Waals surface area contributed by atoms with E-state index in [4.69, 9.17) is 0 Å². The molecule has 2 atom stereocenters. The minimum atomic E-state index is -0.579. The standard InChI is InChI=1S/C26H29N5O/c1-5-16-14-27-11-10-19(16)17-8-7-9-18(12-17)26(6-2)20-15-28-31-23(20)29-21-13-25(3,4)30-24(32)22(21)26/h7-12,14-15,23,29H,5-6,13H2,1-4H3,(H,30,32)/t23?,26-/m1/s1. The van der Waals surface area contributed by atoms with Gasteiger partial charge in [0.1, 0.15) is 0 Å². The molecule has 1 aromatic carbocycles. The molecular weight excluding hydrogens is 398 g/mol. The van der Waals surface area contributed by atoms with Gasteiger partial charge in [-0.05, 0) is 61.1 Å². The minimum Gasteiger partial charge on any atom is -0.362 e. The largest absolute Gasteiger partial charge is 0.362 e. The molecule has 5 rings (SSSR count). The van der Waals surface area contributed by atoms with E-state index in [0.717, 1.165) is 47.2 Å². The number of benzene rings is 1. The highest BCUT2D eigenvalue weighted by molar-refractivity contribution is 6.00. The van der Waals surface area contributed by atoms with Crippen molar-refractivity contribution in [2.75, 3.05) is 0 Å². The Hall–Kier alpha value is -3.28. The van der Waals surface area contributed by atoms with E-state index in [-0.39, 0.29) is 17.6 Å². The van der Waals surface area contributed by atoms with Crippen LogP contribution in [0.5, 0.6) is 0 Å². The topological polar surface area (TPSA) is 78.7 Å². The third kappa shape index (κ3) is 3.00. The van der Waals surface area contributed by atoms with Crippen molar-refractivity contribution in [2.45, 2.75) is 64.1 Å². The lowest BCUT2D eigenvalue weighted by molar-refractivity contribution is -0.120. The molecule has 0 fully saturated rings. The lowest BCUT2D eigenvalue weighted by Crippen LogP contribution is -2.58. The number of nitrogens with zero attached hydrogens (tertiary/aromatic N) is 3. The molecule has 0 spiro atoms. The molecule has 32 heavy (non-hydrogen) atoms. The second kappa shape index (κ2) is 7.40. The van der Waals surface area contributed by atoms with Gasteiger partial charge in [0.25, 0.3) is 5.91 Å². The number of carbonyl (C=O) groups is 1. The third-order valence-electron chi connectivity index (χ3n) is 6.98. The molecule has 0 bridgehead atoms. The number of aryl methyl sites for hydroxylation is 1. The number of hydrogen-bond acceptors (Lipinski definition) is 5. The molecule has 6 heteroatoms. The van der Waals surface area contributed by atoms with Crippen molar-refractivity contribution in [1.82, 2.24) is 15.6 Å². The van der Waals surface area contributed by atoms with Crippen LogP contribution in [0.25, 0.3) is 11.1 Å². The van der Waals surface area contributed by atoms with Crippen LogP contribution in [0.4, 0.5) is 0 Å². The molecule has 4 heterocycles. The molecule has 0 saturated heterocycles. The Bertz CT molecular complexity index is 1190. The van der Waals surface area contributed by atoms with Crippen LogP contribution in [0.15, 0.2) is 76.0 Å². The van der Waals surface area contributed by atoms with Crippen LogP contribution in [0.2, 0.25) is 0 Å². The van der Waals surface area contributed by atoms with E-state index in [1.165, 1.54) is 11.1 Å². The Kier molecular flexibility index (Phi) is 4.77. The van der Waals surface area contributed by atoms with Crippen molar-refractivity contribution in [3.63, 3.8) is 0 Å². The van der Waals surface area contributed by atoms with Gasteiger partial charge in [0.05, 0.1) is 17.2 Å². The predicted octanol–water partition coefficient (Wildman–Crippen LogP) is 4.79. The fraction of sp³-hybridized carbons (Fsp3) is 0.385. The number of hydrogen-bond donors (Lipinski definition) is 2. The van der Waals surface area contributed by atoms with Crippen LogP contribution in [0.1, 0.15) is 51.7 Å². The first kappa shape index (κ1) is 20.6. The second-order valence-electron chi connectivity index (χ2n) is 9.46. The highest BCUT2D eigenvalue weighted by Crippen LogP contribution is 2.51. The normalized spacial score (nSPS) is 25.6. The van der Waals surface area contributed by atoms with Crippen molar-refractivity contribution >= 4 is 5.91 Å². The van der Waals surface area contributed by atoms with Gasteiger partial charge in [-0.25, -0.2) is 0 Å². The number of carbonyl (C=O) groups excluding carboxylic acids is 1. The zero-order chi connectivity index (χ0) is 22.5. The highest BCUT2D eigenvalue weighted by atomic mass is 16.2. The molecule has 3 aliphatic heterocycles. The van der Waals surface area contributed by atoms with Crippen molar-refractivity contribution in [1.29, 1.82) is 0 Å². The summed E-state index contributed by atoms with van der Waals surface area (Å²) in [6.07, 6.45) is 7.78. The second-order valence-corrected chi connectivity index (χ2v) is 9.46. The first-order valence-electron chi connectivity index (χ1n) is 11.4. The number of nitrogens with one attached hydrogen (secondary N) is 2. The van der Waals surface area contributed by atoms with Crippen molar-refractivity contribution in [3.05, 3.63) is 76.9 Å². The SMILES string of the molecule is CCc1cnccc1-c1cccc([C@]2(CC)C3=CN=NC3NC3=C2C(=O)NC(C)(C)C3)c1. The van der Waals surface area contributed by atoms with Gasteiger partial charge in [0.15, 0.2) is 6.17 Å². The van der Waals surface area contributed by atoms with E-state index in [2.05, 4.69) is 83.9 Å². The highest BCUT2D eigenvalue weighted by Gasteiger charge is 2.53. The molecule has 1 aromatic heterocycles. The first-order chi connectivity index (χ1) is 15.4. The molecule has 0 aliphatic carbocycles. The summed E-state index contributed by atoms with van der Waals surface area (Å²) in [6, 6.07) is 10.7. The zero-order valence-corrected chi connectivity index (χ0v) is 19.1. The van der Waals surface area contributed by atoms with Gasteiger partial charge in [-0.1, -0.05) is 32.0 Å². The summed E-state index contributed by atoms with van der Waals surface area (Å²) in [7, 11) is 0. The van der Waals surface area contributed by atoms with Crippen LogP contribution in [-0.2, 0) is 16.6 Å². The number of amides is 1. The quantitative estimate of drug-likeness (QED) is 0.736. The zero-order valence-electron chi connectivity index (χ0n) is 19.1. The van der Waals surface area contributed by atoms with Crippen molar-refractivity contribution < 1.29 is 4.79 Å². The summed E-state index contributed by atoms with van der Waals surface area (Å²) >= 11 is 0. The average Bonchev–Trinajstić information content (AvgIpc) is 3.25. The number of fused-ring (bicyclic) bond motifs is 1. The van der Waals surface area contributed by atoms with Crippen LogP contribution in [0.3, 0.4) is 0 Å². The molecule has 6 nitrogen and oxygen atoms in total. The van der Waals surface area contributed by atoms with Gasteiger partial charge in [-0.2, -0.15) is 10.2 Å². The van der Waals surface area contributed by atoms with Gasteiger partial charge in [0.2, 0.25) is 0 Å². The maximum absolute atomic E-state index is 13.5. The maximum atomic E-state index is 13.5. The summed E-state index contributed by atoms with van der Waals surface area (Å²) in [4.78, 5) is 17.8. The Morgan fingerprint density at radius 3 is 2.81 bits per heavy atom. The summed E-state index contributed by atoms with van der Waals surface area (Å²) in [6.45, 7) is 8.41. The molecule has 3 aliphatic rings. The van der Waals surface area contributed by atoms with Gasteiger partial charge in [-0.15, -0.1) is 0 Å². The smallest absolute Gasteiger partial charge is 0.250 e. The van der Waals surface area contributed by atoms with Gasteiger partial charge in [0, 0.05) is 35.6 Å². The Balaban J connectivity index is 1.74. The van der Waals surface area contributed by atoms with Crippen LogP contribution in [0, 0.1) is 0 Å². The van der Waals surface area contributed by atoms with E-state index < -0.39 is 5.41 Å². The Labute approximate surface area is 188 Å². The van der Waals surface area contributed by atoms with Crippen LogP contribution >= 0.6 is 0 Å². The Morgan fingerprint density at radius 2 is 2.03 bits per heavy atom. The molecular formula is C26H29N5O. The Morgan fingerprint density at radius 1 is 1.19 bits per heavy atom. The van der Waals surface area contributed by atoms with Crippen LogP contribution in [-0.4, -0.2) is 22.6 Å². The predicted molar refractivity (Wildman–Crippen MR) is 125 cm³/mol. The monoisotopic (exact) mass is 427 g/mol. The fourth-order valence-corrected chi connectivity index (χ4v) is 5.55. The number of rotatable bonds is 4. The van der Waals surface area contributed by atoms with Crippen LogP contribution < -0.4 is 10.6 Å². The third-order valence-corrected chi connectivity index (χ3v) is 6.98. The molecule has 2 aromatic rings. The number of aromatic nitrogens is 1. The minimum absolute atomic E-state index is 0.0135. The van der Waals surface area contributed by atoms with Gasteiger partial charge < -0.3 is 10.6 Å². The van der Waals surface area contributed by atoms with E-state index in [1.807, 2.05) is 18.6 Å². The molecule has 0 radical (unpaired) electrons. The van der Waals surface area contributed by atoms with Gasteiger partial charge >= 0.3 is 0 Å². The lowest BCUT2D eigenvalue weighted by atomic mass is 9.62. The summed E-state index contributed by atoms with van der Waals surface area (Å²) in [5, 5.41) is 15.4. The fourth-order valence-electron chi connectivity index (χ4n) is 5.55. The van der Waals surface area contributed by atoms with E-state index >= 15 is 0 Å². The van der Waals surface area contributed by atoms with Gasteiger partial charge in [-0.3, -0.25) is 9.78 Å². The van der Waals surface area contributed by atoms with Crippen molar-refractivity contribution in [2.24, 2.45) is 10.2 Å². The molecule has 1 unspecified atom stereocenters. The summed E-state index contributed by atoms with van der Waals surface area (Å²) in [5.41, 5.74) is 6.55. The average molecular weight is 428 g/mol. The molecule has 164 valence electrons. The van der Waals surface area contributed by atoms with E-state index in [9.17, 15) is 4.79 Å². The van der Waals surface area contributed by atoms with Crippen molar-refractivity contribution in [3.8, 4) is 11.1 Å².